The molecule has 0 saturated heterocycles. The van der Waals surface area contributed by atoms with Crippen molar-refractivity contribution in [3.8, 4) is 0 Å². The summed E-state index contributed by atoms with van der Waals surface area (Å²) < 4.78 is 36.8. The molecular weight excluding hydrogens is 271 g/mol. The summed E-state index contributed by atoms with van der Waals surface area (Å²) in [5, 5.41) is 5.95. The Morgan fingerprint density at radius 2 is 2.12 bits per heavy atom. The molecule has 2 rings (SSSR count). The zero-order chi connectivity index (χ0) is 12.3. The molecule has 0 spiro atoms. The second-order valence-electron chi connectivity index (χ2n) is 3.13. The monoisotopic (exact) mass is 279 g/mol. The van der Waals surface area contributed by atoms with Gasteiger partial charge in [-0.1, -0.05) is 11.3 Å². The van der Waals surface area contributed by atoms with Crippen molar-refractivity contribution >= 4 is 27.8 Å². The van der Waals surface area contributed by atoms with E-state index in [0.717, 1.165) is 11.2 Å². The summed E-state index contributed by atoms with van der Waals surface area (Å²) in [6.45, 7) is 0.526. The molecule has 0 fully saturated rings. The van der Waals surface area contributed by atoms with Gasteiger partial charge in [0.2, 0.25) is 0 Å². The van der Waals surface area contributed by atoms with E-state index in [1.54, 1.807) is 6.20 Å². The first-order valence-corrected chi connectivity index (χ1v) is 6.40. The summed E-state index contributed by atoms with van der Waals surface area (Å²) in [7, 11) is 0. The molecule has 0 aliphatic carbocycles. The first kappa shape index (κ1) is 12.3. The van der Waals surface area contributed by atoms with Gasteiger partial charge in [-0.05, 0) is 0 Å². The molecule has 2 aromatic rings. The predicted molar refractivity (Wildman–Crippen MR) is 61.4 cm³/mol. The third-order valence-electron chi connectivity index (χ3n) is 1.88. The first-order chi connectivity index (χ1) is 8.05. The number of halogens is 3. The van der Waals surface area contributed by atoms with Crippen LogP contribution in [-0.4, -0.2) is 16.5 Å². The van der Waals surface area contributed by atoms with Gasteiger partial charge < -0.3 is 5.32 Å². The van der Waals surface area contributed by atoms with Gasteiger partial charge in [0, 0.05) is 24.5 Å². The quantitative estimate of drug-likeness (QED) is 0.933. The maximum atomic E-state index is 12.3. The van der Waals surface area contributed by atoms with Crippen LogP contribution in [0, 0.1) is 0 Å². The van der Waals surface area contributed by atoms with Gasteiger partial charge in [-0.3, -0.25) is 0 Å². The van der Waals surface area contributed by atoms with E-state index in [1.165, 1.54) is 11.3 Å². The van der Waals surface area contributed by atoms with Crippen LogP contribution in [0.3, 0.4) is 0 Å². The minimum atomic E-state index is -4.31. The Hall–Kier alpha value is -1.15. The summed E-state index contributed by atoms with van der Waals surface area (Å²) in [4.78, 5) is 7.06. The molecule has 0 bridgehead atoms. The summed E-state index contributed by atoms with van der Waals surface area (Å²) in [5.74, 6) is 0. The van der Waals surface area contributed by atoms with E-state index < -0.39 is 11.1 Å². The number of hydrogen-bond acceptors (Lipinski definition) is 5. The highest BCUT2D eigenvalue weighted by Crippen LogP contribution is 2.34. The van der Waals surface area contributed by atoms with E-state index in [9.17, 15) is 13.2 Å². The topological polar surface area (TPSA) is 37.8 Å². The molecule has 17 heavy (non-hydrogen) atoms. The highest BCUT2D eigenvalue weighted by molar-refractivity contribution is 7.15. The fraction of sp³-hybridized carbons (Fsp3) is 0.333. The smallest absolute Gasteiger partial charge is 0.361 e. The number of thiazole rings is 2. The molecule has 92 valence electrons. The molecule has 3 nitrogen and oxygen atoms in total. The number of aromatic nitrogens is 2. The number of hydrogen-bond donors (Lipinski definition) is 1. The van der Waals surface area contributed by atoms with Crippen molar-refractivity contribution in [1.29, 1.82) is 0 Å². The molecule has 0 amide bonds. The van der Waals surface area contributed by atoms with Crippen molar-refractivity contribution in [2.24, 2.45) is 0 Å². The summed E-state index contributed by atoms with van der Waals surface area (Å²) in [5.41, 5.74) is 0. The van der Waals surface area contributed by atoms with Gasteiger partial charge in [0.1, 0.15) is 4.88 Å². The van der Waals surface area contributed by atoms with E-state index >= 15 is 0 Å². The Labute approximate surface area is 103 Å². The highest BCUT2D eigenvalue weighted by Gasteiger charge is 2.33. The maximum Gasteiger partial charge on any atom is 0.427 e. The van der Waals surface area contributed by atoms with Crippen molar-refractivity contribution in [1.82, 2.24) is 9.97 Å². The lowest BCUT2D eigenvalue weighted by molar-refractivity contribution is -0.134. The van der Waals surface area contributed by atoms with E-state index in [-0.39, 0.29) is 5.13 Å². The molecule has 0 radical (unpaired) electrons. The molecule has 0 unspecified atom stereocenters. The molecule has 0 aromatic carbocycles. The zero-order valence-electron chi connectivity index (χ0n) is 8.49. The van der Waals surface area contributed by atoms with Crippen LogP contribution in [-0.2, 0) is 12.6 Å². The van der Waals surface area contributed by atoms with Crippen molar-refractivity contribution in [2.75, 3.05) is 11.9 Å². The summed E-state index contributed by atoms with van der Waals surface area (Å²) in [6, 6.07) is 0. The minimum absolute atomic E-state index is 0.286. The lowest BCUT2D eigenvalue weighted by atomic mass is 10.4. The molecular formula is C9H8F3N3S2. The van der Waals surface area contributed by atoms with E-state index in [1.807, 2.05) is 5.38 Å². The van der Waals surface area contributed by atoms with Crippen LogP contribution in [0.2, 0.25) is 0 Å². The van der Waals surface area contributed by atoms with E-state index in [4.69, 9.17) is 0 Å². The Balaban J connectivity index is 1.85. The Morgan fingerprint density at radius 1 is 1.29 bits per heavy atom. The van der Waals surface area contributed by atoms with Crippen LogP contribution in [0.1, 0.15) is 9.88 Å². The largest absolute Gasteiger partial charge is 0.427 e. The molecule has 0 aliphatic heterocycles. The first-order valence-electron chi connectivity index (χ1n) is 4.71. The average Bonchev–Trinajstić information content (AvgIpc) is 2.86. The highest BCUT2D eigenvalue weighted by atomic mass is 32.1. The van der Waals surface area contributed by atoms with Crippen molar-refractivity contribution < 1.29 is 13.2 Å². The zero-order valence-corrected chi connectivity index (χ0v) is 10.1. The fourth-order valence-corrected chi connectivity index (χ4v) is 2.47. The number of anilines is 1. The lowest BCUT2D eigenvalue weighted by Crippen LogP contribution is -2.04. The van der Waals surface area contributed by atoms with Crippen LogP contribution >= 0.6 is 22.7 Å². The number of nitrogens with one attached hydrogen (secondary N) is 1. The van der Waals surface area contributed by atoms with Crippen molar-refractivity contribution in [2.45, 2.75) is 12.6 Å². The van der Waals surface area contributed by atoms with Gasteiger partial charge >= 0.3 is 6.18 Å². The third-order valence-corrected chi connectivity index (χ3v) is 3.72. The van der Waals surface area contributed by atoms with E-state index in [0.29, 0.717) is 24.3 Å². The molecule has 2 aromatic heterocycles. The van der Waals surface area contributed by atoms with Gasteiger partial charge in [-0.25, -0.2) is 9.97 Å². The van der Waals surface area contributed by atoms with E-state index in [2.05, 4.69) is 15.3 Å². The SMILES string of the molecule is FC(F)(F)c1cnc(NCCc2nccs2)s1. The third kappa shape index (κ3) is 3.40. The summed E-state index contributed by atoms with van der Waals surface area (Å²) in [6.07, 6.45) is -1.09. The Morgan fingerprint density at radius 3 is 2.71 bits per heavy atom. The van der Waals surface area contributed by atoms with Crippen LogP contribution in [0.25, 0.3) is 0 Å². The van der Waals surface area contributed by atoms with Crippen LogP contribution < -0.4 is 5.32 Å². The average molecular weight is 279 g/mol. The molecule has 1 N–H and O–H groups in total. The van der Waals surface area contributed by atoms with Crippen molar-refractivity contribution in [3.63, 3.8) is 0 Å². The fourth-order valence-electron chi connectivity index (χ4n) is 1.14. The van der Waals surface area contributed by atoms with Gasteiger partial charge in [-0.15, -0.1) is 11.3 Å². The van der Waals surface area contributed by atoms with Crippen LogP contribution in [0.15, 0.2) is 17.8 Å². The number of rotatable bonds is 4. The van der Waals surface area contributed by atoms with Gasteiger partial charge in [0.15, 0.2) is 5.13 Å². The maximum absolute atomic E-state index is 12.3. The number of nitrogens with zero attached hydrogens (tertiary/aromatic N) is 2. The normalized spacial score (nSPS) is 11.7. The molecule has 8 heteroatoms. The molecule has 0 atom stereocenters. The minimum Gasteiger partial charge on any atom is -0.361 e. The Kier molecular flexibility index (Phi) is 3.63. The standard InChI is InChI=1S/C9H8F3N3S2/c10-9(11,12)6-5-15-8(17-6)14-2-1-7-13-3-4-16-7/h3-5H,1-2H2,(H,14,15). The van der Waals surface area contributed by atoms with Gasteiger partial charge in [-0.2, -0.15) is 13.2 Å². The Bertz CT molecular complexity index is 464. The van der Waals surface area contributed by atoms with Crippen LogP contribution in [0.4, 0.5) is 18.3 Å². The second-order valence-corrected chi connectivity index (χ2v) is 5.14. The lowest BCUT2D eigenvalue weighted by Gasteiger charge is -2.01. The second kappa shape index (κ2) is 5.01. The predicted octanol–water partition coefficient (Wildman–Crippen LogP) is 3.27. The summed E-state index contributed by atoms with van der Waals surface area (Å²) >= 11 is 2.13. The molecule has 0 aliphatic rings. The molecule has 2 heterocycles. The van der Waals surface area contributed by atoms with Crippen molar-refractivity contribution in [3.05, 3.63) is 27.7 Å². The van der Waals surface area contributed by atoms with Gasteiger partial charge in [0.25, 0.3) is 0 Å². The van der Waals surface area contributed by atoms with Gasteiger partial charge in [0.05, 0.1) is 11.2 Å². The van der Waals surface area contributed by atoms with Crippen LogP contribution in [0.5, 0.6) is 0 Å². The number of alkyl halides is 3. The molecule has 0 saturated carbocycles.